The van der Waals surface area contributed by atoms with Gasteiger partial charge in [0, 0.05) is 6.54 Å². The summed E-state index contributed by atoms with van der Waals surface area (Å²) in [5, 5.41) is 6.14. The Morgan fingerprint density at radius 3 is 2.54 bits per heavy atom. The first-order valence-corrected chi connectivity index (χ1v) is 8.34. The minimum absolute atomic E-state index is 0.0867. The molecule has 0 aliphatic rings. The number of amides is 1. The van der Waals surface area contributed by atoms with E-state index >= 15 is 0 Å². The summed E-state index contributed by atoms with van der Waals surface area (Å²) in [4.78, 5) is 16.3. The number of methoxy groups -OCH3 is 1. The van der Waals surface area contributed by atoms with Crippen LogP contribution in [-0.4, -0.2) is 24.5 Å². The number of carbonyl (C=O) groups is 1. The molecule has 5 nitrogen and oxygen atoms in total. The van der Waals surface area contributed by atoms with Crippen LogP contribution >= 0.6 is 0 Å². The van der Waals surface area contributed by atoms with Crippen molar-refractivity contribution in [3.8, 4) is 5.75 Å². The van der Waals surface area contributed by atoms with Crippen molar-refractivity contribution in [1.29, 1.82) is 0 Å². The Bertz CT molecular complexity index is 624. The Balaban J connectivity index is 1.80. The molecule has 5 heteroatoms. The summed E-state index contributed by atoms with van der Waals surface area (Å²) in [6.07, 6.45) is 5.63. The molecule has 0 unspecified atom stereocenters. The number of unbranched alkanes of at least 4 members (excludes halogenated alkanes) is 2. The zero-order valence-electron chi connectivity index (χ0n) is 14.3. The zero-order valence-corrected chi connectivity index (χ0v) is 14.3. The van der Waals surface area contributed by atoms with E-state index in [4.69, 9.17) is 4.74 Å². The maximum Gasteiger partial charge on any atom is 0.229 e. The summed E-state index contributed by atoms with van der Waals surface area (Å²) < 4.78 is 5.11. The van der Waals surface area contributed by atoms with Gasteiger partial charge in [-0.2, -0.15) is 0 Å². The SMILES string of the molecule is CCCCCNc1ccc(NC(=O)Cc2ccc(OC)cc2)nc1. The molecule has 0 saturated heterocycles. The second kappa shape index (κ2) is 9.55. The maximum atomic E-state index is 12.1. The molecule has 0 fully saturated rings. The number of rotatable bonds is 9. The number of benzene rings is 1. The fraction of sp³-hybridized carbons (Fsp3) is 0.368. The second-order valence-corrected chi connectivity index (χ2v) is 5.64. The molecule has 0 radical (unpaired) electrons. The summed E-state index contributed by atoms with van der Waals surface area (Å²) in [5.41, 5.74) is 1.90. The number of hydrogen-bond donors (Lipinski definition) is 2. The van der Waals surface area contributed by atoms with Crippen molar-refractivity contribution in [2.45, 2.75) is 32.6 Å². The molecule has 1 heterocycles. The van der Waals surface area contributed by atoms with E-state index in [1.165, 1.54) is 12.8 Å². The van der Waals surface area contributed by atoms with Gasteiger partial charge >= 0.3 is 0 Å². The third-order valence-corrected chi connectivity index (χ3v) is 3.66. The lowest BCUT2D eigenvalue weighted by Gasteiger charge is -2.08. The van der Waals surface area contributed by atoms with Gasteiger partial charge in [0.2, 0.25) is 5.91 Å². The minimum atomic E-state index is -0.0867. The van der Waals surface area contributed by atoms with Gasteiger partial charge in [0.05, 0.1) is 25.4 Å². The summed E-state index contributed by atoms with van der Waals surface area (Å²) in [7, 11) is 1.62. The molecule has 24 heavy (non-hydrogen) atoms. The van der Waals surface area contributed by atoms with Crippen molar-refractivity contribution in [1.82, 2.24) is 4.98 Å². The van der Waals surface area contributed by atoms with Crippen LogP contribution in [0.3, 0.4) is 0 Å². The molecule has 1 amide bonds. The van der Waals surface area contributed by atoms with E-state index in [0.717, 1.165) is 30.0 Å². The van der Waals surface area contributed by atoms with Crippen LogP contribution in [0.5, 0.6) is 5.75 Å². The smallest absolute Gasteiger partial charge is 0.229 e. The number of hydrogen-bond acceptors (Lipinski definition) is 4. The first-order chi connectivity index (χ1) is 11.7. The van der Waals surface area contributed by atoms with Crippen molar-refractivity contribution >= 4 is 17.4 Å². The molecule has 1 aromatic carbocycles. The van der Waals surface area contributed by atoms with Crippen molar-refractivity contribution in [2.24, 2.45) is 0 Å². The Morgan fingerprint density at radius 2 is 1.92 bits per heavy atom. The molecular formula is C19H25N3O2. The van der Waals surface area contributed by atoms with Crippen LogP contribution < -0.4 is 15.4 Å². The number of carbonyl (C=O) groups excluding carboxylic acids is 1. The fourth-order valence-electron chi connectivity index (χ4n) is 2.30. The highest BCUT2D eigenvalue weighted by molar-refractivity contribution is 5.91. The lowest BCUT2D eigenvalue weighted by molar-refractivity contribution is -0.115. The molecule has 2 rings (SSSR count). The summed E-state index contributed by atoms with van der Waals surface area (Å²) >= 11 is 0. The maximum absolute atomic E-state index is 12.1. The van der Waals surface area contributed by atoms with Gasteiger partial charge in [0.15, 0.2) is 0 Å². The number of anilines is 2. The molecular weight excluding hydrogens is 302 g/mol. The Morgan fingerprint density at radius 1 is 1.12 bits per heavy atom. The highest BCUT2D eigenvalue weighted by Gasteiger charge is 2.05. The molecule has 0 aliphatic carbocycles. The van der Waals surface area contributed by atoms with E-state index in [0.29, 0.717) is 12.2 Å². The van der Waals surface area contributed by atoms with Crippen molar-refractivity contribution in [3.63, 3.8) is 0 Å². The van der Waals surface area contributed by atoms with Crippen LogP contribution in [-0.2, 0) is 11.2 Å². The van der Waals surface area contributed by atoms with Crippen molar-refractivity contribution < 1.29 is 9.53 Å². The molecule has 2 N–H and O–H groups in total. The van der Waals surface area contributed by atoms with Gasteiger partial charge in [-0.25, -0.2) is 4.98 Å². The van der Waals surface area contributed by atoms with Crippen LogP contribution in [0.1, 0.15) is 31.7 Å². The van der Waals surface area contributed by atoms with Gasteiger partial charge in [0.1, 0.15) is 11.6 Å². The predicted molar refractivity (Wildman–Crippen MR) is 97.6 cm³/mol. The number of ether oxygens (including phenoxy) is 1. The highest BCUT2D eigenvalue weighted by Crippen LogP contribution is 2.13. The lowest BCUT2D eigenvalue weighted by atomic mass is 10.1. The van der Waals surface area contributed by atoms with Crippen LogP contribution in [0.15, 0.2) is 42.6 Å². The van der Waals surface area contributed by atoms with E-state index in [2.05, 4.69) is 22.5 Å². The van der Waals surface area contributed by atoms with E-state index in [-0.39, 0.29) is 5.91 Å². The van der Waals surface area contributed by atoms with Gasteiger partial charge in [-0.05, 0) is 36.2 Å². The van der Waals surface area contributed by atoms with Crippen LogP contribution in [0.2, 0.25) is 0 Å². The predicted octanol–water partition coefficient (Wildman–Crippen LogP) is 3.87. The molecule has 0 aliphatic heterocycles. The average Bonchev–Trinajstić information content (AvgIpc) is 2.61. The quantitative estimate of drug-likeness (QED) is 0.686. The molecule has 0 spiro atoms. The molecule has 1 aromatic heterocycles. The molecule has 0 saturated carbocycles. The van der Waals surface area contributed by atoms with Gasteiger partial charge in [-0.1, -0.05) is 31.9 Å². The third kappa shape index (κ3) is 5.91. The second-order valence-electron chi connectivity index (χ2n) is 5.64. The largest absolute Gasteiger partial charge is 0.497 e. The minimum Gasteiger partial charge on any atom is -0.497 e. The summed E-state index contributed by atoms with van der Waals surface area (Å²) in [5.74, 6) is 1.26. The van der Waals surface area contributed by atoms with Gasteiger partial charge in [-0.3, -0.25) is 4.79 Å². The number of nitrogens with zero attached hydrogens (tertiary/aromatic N) is 1. The van der Waals surface area contributed by atoms with E-state index < -0.39 is 0 Å². The van der Waals surface area contributed by atoms with E-state index in [1.54, 1.807) is 13.3 Å². The van der Waals surface area contributed by atoms with Crippen molar-refractivity contribution in [2.75, 3.05) is 24.3 Å². The first kappa shape index (κ1) is 17.8. The fourth-order valence-corrected chi connectivity index (χ4v) is 2.30. The first-order valence-electron chi connectivity index (χ1n) is 8.34. The lowest BCUT2D eigenvalue weighted by Crippen LogP contribution is -2.15. The van der Waals surface area contributed by atoms with E-state index in [9.17, 15) is 4.79 Å². The van der Waals surface area contributed by atoms with Crippen LogP contribution in [0, 0.1) is 0 Å². The summed E-state index contributed by atoms with van der Waals surface area (Å²) in [6.45, 7) is 3.13. The van der Waals surface area contributed by atoms with Gasteiger partial charge < -0.3 is 15.4 Å². The topological polar surface area (TPSA) is 63.2 Å². The standard InChI is InChI=1S/C19H25N3O2/c1-3-4-5-12-20-16-8-11-18(21-14-16)22-19(23)13-15-6-9-17(24-2)10-7-15/h6-11,14,20H,3-5,12-13H2,1-2H3,(H,21,22,23). The van der Waals surface area contributed by atoms with E-state index in [1.807, 2.05) is 36.4 Å². The van der Waals surface area contributed by atoms with Gasteiger partial charge in [-0.15, -0.1) is 0 Å². The Kier molecular flexibility index (Phi) is 7.08. The van der Waals surface area contributed by atoms with Crippen LogP contribution in [0.4, 0.5) is 11.5 Å². The van der Waals surface area contributed by atoms with Gasteiger partial charge in [0.25, 0.3) is 0 Å². The number of nitrogens with one attached hydrogen (secondary N) is 2. The number of aromatic nitrogens is 1. The average molecular weight is 327 g/mol. The van der Waals surface area contributed by atoms with Crippen molar-refractivity contribution in [3.05, 3.63) is 48.2 Å². The normalized spacial score (nSPS) is 10.2. The monoisotopic (exact) mass is 327 g/mol. The zero-order chi connectivity index (χ0) is 17.2. The highest BCUT2D eigenvalue weighted by atomic mass is 16.5. The molecule has 2 aromatic rings. The number of pyridine rings is 1. The Labute approximate surface area is 143 Å². The molecule has 128 valence electrons. The third-order valence-electron chi connectivity index (χ3n) is 3.66. The van der Waals surface area contributed by atoms with Crippen LogP contribution in [0.25, 0.3) is 0 Å². The molecule has 0 bridgehead atoms. The molecule has 0 atom stereocenters. The summed E-state index contributed by atoms with van der Waals surface area (Å²) in [6, 6.07) is 11.2. The Hall–Kier alpha value is -2.56.